The van der Waals surface area contributed by atoms with E-state index in [2.05, 4.69) is 15.2 Å². The Morgan fingerprint density at radius 2 is 2.03 bits per heavy atom. The summed E-state index contributed by atoms with van der Waals surface area (Å²) in [7, 11) is 1.54. The van der Waals surface area contributed by atoms with Gasteiger partial charge in [-0.3, -0.25) is 9.52 Å². The molecule has 5 rings (SSSR count). The Balaban J connectivity index is 1.74. The molecule has 2 aromatic carbocycles. The van der Waals surface area contributed by atoms with Crippen LogP contribution in [0.5, 0.6) is 0 Å². The van der Waals surface area contributed by atoms with Crippen LogP contribution in [0.15, 0.2) is 56.8 Å². The second-order valence-electron chi connectivity index (χ2n) is 7.22. The number of nitrogens with zero attached hydrogens (tertiary/aromatic N) is 4. The number of aliphatic imine (C=N–C) groups is 1. The van der Waals surface area contributed by atoms with E-state index in [1.54, 1.807) is 12.1 Å². The summed E-state index contributed by atoms with van der Waals surface area (Å²) in [5.74, 6) is -0.661. The summed E-state index contributed by atoms with van der Waals surface area (Å²) in [6.45, 7) is 0. The average molecular weight is 457 g/mol. The second kappa shape index (κ2) is 7.47. The van der Waals surface area contributed by atoms with E-state index in [-0.39, 0.29) is 38.6 Å². The van der Waals surface area contributed by atoms with Gasteiger partial charge < -0.3 is 16.6 Å². The molecule has 3 heterocycles. The van der Waals surface area contributed by atoms with Crippen molar-refractivity contribution in [1.82, 2.24) is 10.3 Å². The minimum absolute atomic E-state index is 0.0283. The zero-order chi connectivity index (χ0) is 23.3. The zero-order valence-electron chi connectivity index (χ0n) is 17.1. The van der Waals surface area contributed by atoms with Gasteiger partial charge in [0.25, 0.3) is 0 Å². The van der Waals surface area contributed by atoms with E-state index in [4.69, 9.17) is 16.0 Å². The van der Waals surface area contributed by atoms with Crippen molar-refractivity contribution >= 4 is 55.4 Å². The third kappa shape index (κ3) is 3.17. The second-order valence-corrected chi connectivity index (χ2v) is 8.22. The van der Waals surface area contributed by atoms with Crippen molar-refractivity contribution in [1.29, 1.82) is 5.26 Å². The molecule has 33 heavy (non-hydrogen) atoms. The molecule has 0 saturated carbocycles. The fourth-order valence-corrected chi connectivity index (χ4v) is 4.70. The maximum atomic E-state index is 13.1. The maximum Gasteiger partial charge on any atom is 0.435 e. The number of nitrogen functional groups attached to an aromatic ring is 2. The quantitative estimate of drug-likeness (QED) is 0.210. The lowest BCUT2D eigenvalue weighted by Gasteiger charge is -2.10. The molecule has 3 aromatic heterocycles. The predicted octanol–water partition coefficient (Wildman–Crippen LogP) is 1.70. The lowest BCUT2D eigenvalue weighted by molar-refractivity contribution is -0.730. The van der Waals surface area contributed by atoms with Crippen molar-refractivity contribution in [3.63, 3.8) is 0 Å². The first kappa shape index (κ1) is 20.2. The molecule has 162 valence electrons. The number of nitrogens with one attached hydrogen (secondary N) is 1. The smallest absolute Gasteiger partial charge is 0.435 e. The van der Waals surface area contributed by atoms with Gasteiger partial charge in [-0.2, -0.15) is 5.26 Å². The molecule has 0 fully saturated rings. The van der Waals surface area contributed by atoms with E-state index >= 15 is 0 Å². The number of nitrogens with two attached hydrogens (primary N) is 2. The number of H-pyrrole nitrogens is 1. The number of aryl methyl sites for hydroxylation is 1. The lowest BCUT2D eigenvalue weighted by Crippen LogP contribution is -2.34. The Morgan fingerprint density at radius 3 is 2.73 bits per heavy atom. The van der Waals surface area contributed by atoms with Gasteiger partial charge >= 0.3 is 11.3 Å². The van der Waals surface area contributed by atoms with Crippen LogP contribution >= 0.6 is 11.3 Å². The largest absolute Gasteiger partial charge is 0.858 e. The highest BCUT2D eigenvalue weighted by molar-refractivity contribution is 7.21. The van der Waals surface area contributed by atoms with Crippen molar-refractivity contribution in [3.8, 4) is 17.3 Å². The van der Waals surface area contributed by atoms with Gasteiger partial charge in [0.1, 0.15) is 22.3 Å². The van der Waals surface area contributed by atoms with Crippen molar-refractivity contribution in [2.24, 2.45) is 12.0 Å². The first-order valence-corrected chi connectivity index (χ1v) is 10.4. The van der Waals surface area contributed by atoms with Crippen LogP contribution in [0.2, 0.25) is 0 Å². The molecular weight excluding hydrogens is 442 g/mol. The molecule has 5 aromatic rings. The molecule has 0 spiro atoms. The summed E-state index contributed by atoms with van der Waals surface area (Å²) >= 11 is 0.990. The summed E-state index contributed by atoms with van der Waals surface area (Å²) in [4.78, 5) is 21.2. The molecule has 10 nitrogen and oxygen atoms in total. The van der Waals surface area contributed by atoms with Gasteiger partial charge in [-0.1, -0.05) is 35.0 Å². The number of benzene rings is 2. The standard InChI is InChI=1S/C22H15N7O3S/c1-29-17(22(31)32-28-29)14-13(9-23)19(25)27-21-15(14)16(24)18(33-21)20(30)26-12-7-6-10-4-2-3-5-11(10)8-12/h2-8H,1H3,(H5-,24,25,26,27,28,30,31). The van der Waals surface area contributed by atoms with Gasteiger partial charge in [-0.05, 0) is 28.2 Å². The summed E-state index contributed by atoms with van der Waals surface area (Å²) in [5.41, 5.74) is 12.3. The predicted molar refractivity (Wildman–Crippen MR) is 123 cm³/mol. The maximum absolute atomic E-state index is 13.1. The first-order chi connectivity index (χ1) is 15.9. The third-order valence-corrected chi connectivity index (χ3v) is 6.30. The van der Waals surface area contributed by atoms with Gasteiger partial charge in [0.05, 0.1) is 27.2 Å². The average Bonchev–Trinajstić information content (AvgIpc) is 3.31. The van der Waals surface area contributed by atoms with E-state index in [1.807, 2.05) is 36.4 Å². The van der Waals surface area contributed by atoms with E-state index in [0.717, 1.165) is 22.1 Å². The Morgan fingerprint density at radius 1 is 1.27 bits per heavy atom. The normalized spacial score (nSPS) is 11.8. The fourth-order valence-electron chi connectivity index (χ4n) is 3.70. The highest BCUT2D eigenvalue weighted by Crippen LogP contribution is 2.41. The van der Waals surface area contributed by atoms with Crippen LogP contribution in [0.3, 0.4) is 0 Å². The van der Waals surface area contributed by atoms with Crippen molar-refractivity contribution in [3.05, 3.63) is 63.3 Å². The molecule has 0 radical (unpaired) electrons. The van der Waals surface area contributed by atoms with Crippen molar-refractivity contribution in [2.75, 3.05) is 11.5 Å². The molecule has 0 atom stereocenters. The molecule has 0 aliphatic carbocycles. The number of anilines is 2. The van der Waals surface area contributed by atoms with E-state index in [9.17, 15) is 15.2 Å². The summed E-state index contributed by atoms with van der Waals surface area (Å²) in [6, 6.07) is 15.1. The van der Waals surface area contributed by atoms with Gasteiger partial charge in [0, 0.05) is 5.90 Å². The number of hydrogen-bond donors (Lipinski definition) is 3. The summed E-state index contributed by atoms with van der Waals surface area (Å²) in [5, 5.41) is 27.4. The molecule has 0 amide bonds. The van der Waals surface area contributed by atoms with Crippen LogP contribution in [0, 0.1) is 11.3 Å². The molecule has 0 aliphatic rings. The minimum atomic E-state index is -0.722. The SMILES string of the molecule is C[n+]1[nH]oc(=O)c1-c1c(C#N)c(N)nc2sc(C([O-])=Nc3ccc4ccccc4c3)c(N)c12. The van der Waals surface area contributed by atoms with E-state index < -0.39 is 11.5 Å². The van der Waals surface area contributed by atoms with Gasteiger partial charge in [0.2, 0.25) is 0 Å². The molecule has 0 aliphatic heterocycles. The number of fused-ring (bicyclic) bond motifs is 2. The van der Waals surface area contributed by atoms with Crippen molar-refractivity contribution in [2.45, 2.75) is 0 Å². The van der Waals surface area contributed by atoms with Gasteiger partial charge in [-0.15, -0.1) is 11.3 Å². The van der Waals surface area contributed by atoms with Crippen LogP contribution in [-0.4, -0.2) is 16.2 Å². The third-order valence-electron chi connectivity index (χ3n) is 5.22. The Kier molecular flexibility index (Phi) is 4.58. The molecule has 0 bridgehead atoms. The Labute approximate surface area is 189 Å². The summed E-state index contributed by atoms with van der Waals surface area (Å²) < 4.78 is 6.14. The number of hydrogen-bond acceptors (Lipinski definition) is 9. The molecule has 11 heteroatoms. The van der Waals surface area contributed by atoms with Crippen LogP contribution < -0.4 is 26.9 Å². The Hall–Kier alpha value is -4.69. The van der Waals surface area contributed by atoms with E-state index in [0.29, 0.717) is 10.5 Å². The van der Waals surface area contributed by atoms with Crippen LogP contribution in [-0.2, 0) is 7.05 Å². The monoisotopic (exact) mass is 457 g/mol. The number of pyridine rings is 1. The molecular formula is C22H15N7O3S. The van der Waals surface area contributed by atoms with Crippen molar-refractivity contribution < 1.29 is 14.3 Å². The summed E-state index contributed by atoms with van der Waals surface area (Å²) in [6.07, 6.45) is 0. The molecule has 5 N–H and O–H groups in total. The zero-order valence-corrected chi connectivity index (χ0v) is 17.9. The van der Waals surface area contributed by atoms with Gasteiger partial charge in [-0.25, -0.2) is 9.78 Å². The number of aromatic nitrogens is 3. The highest BCUT2D eigenvalue weighted by atomic mass is 32.1. The van der Waals surface area contributed by atoms with Crippen LogP contribution in [0.1, 0.15) is 10.4 Å². The highest BCUT2D eigenvalue weighted by Gasteiger charge is 2.31. The van der Waals surface area contributed by atoms with E-state index in [1.165, 1.54) is 11.7 Å². The van der Waals surface area contributed by atoms with Gasteiger partial charge in [0.15, 0.2) is 7.05 Å². The first-order valence-electron chi connectivity index (χ1n) is 9.63. The molecule has 0 saturated heterocycles. The fraction of sp³-hybridized carbons (Fsp3) is 0.0455. The van der Waals surface area contributed by atoms with Crippen LogP contribution in [0.4, 0.5) is 17.2 Å². The van der Waals surface area contributed by atoms with Crippen LogP contribution in [0.25, 0.3) is 32.2 Å². The number of nitriles is 1. The topological polar surface area (TPSA) is 174 Å². The lowest BCUT2D eigenvalue weighted by atomic mass is 10.0. The minimum Gasteiger partial charge on any atom is -0.858 e. The number of rotatable bonds is 3. The number of aromatic amines is 1. The number of thiophene rings is 1. The molecule has 0 unspecified atom stereocenters. The Bertz CT molecular complexity index is 1710.